The molecule has 4 aromatic rings. The summed E-state index contributed by atoms with van der Waals surface area (Å²) < 4.78 is 4.89. The van der Waals surface area contributed by atoms with Crippen molar-refractivity contribution in [3.05, 3.63) is 89.5 Å². The van der Waals surface area contributed by atoms with Gasteiger partial charge in [-0.3, -0.25) is 9.21 Å². The number of hydrogen-bond acceptors (Lipinski definition) is 7. The van der Waals surface area contributed by atoms with Crippen LogP contribution in [-0.4, -0.2) is 87.1 Å². The maximum Gasteiger partial charge on any atom is 0.282 e. The summed E-state index contributed by atoms with van der Waals surface area (Å²) in [5, 5.41) is 2.35. The number of nitrogens with zero attached hydrogens (tertiary/aromatic N) is 5. The minimum atomic E-state index is -1.75. The zero-order chi connectivity index (χ0) is 34.4. The first-order valence-corrected chi connectivity index (χ1v) is 20.3. The molecule has 3 aromatic carbocycles. The van der Waals surface area contributed by atoms with Gasteiger partial charge in [-0.2, -0.15) is 4.57 Å². The van der Waals surface area contributed by atoms with E-state index in [2.05, 4.69) is 137 Å². The number of carbonyl (C=O) groups excluding carboxylic acids is 2. The van der Waals surface area contributed by atoms with Gasteiger partial charge in [0.25, 0.3) is 5.82 Å². The van der Waals surface area contributed by atoms with Crippen LogP contribution in [0.15, 0.2) is 93.7 Å². The molecule has 0 aliphatic carbocycles. The van der Waals surface area contributed by atoms with E-state index in [1.807, 2.05) is 0 Å². The number of pyridine rings is 1. The van der Waals surface area contributed by atoms with Gasteiger partial charge in [-0.1, -0.05) is 61.5 Å². The smallest absolute Gasteiger partial charge is 0.282 e. The van der Waals surface area contributed by atoms with Gasteiger partial charge in [0.1, 0.15) is 23.8 Å². The summed E-state index contributed by atoms with van der Waals surface area (Å²) in [6.07, 6.45) is 8.89. The Morgan fingerprint density at radius 3 is 2.27 bits per heavy atom. The Hall–Kier alpha value is -3.63. The van der Waals surface area contributed by atoms with E-state index in [9.17, 15) is 9.59 Å². The summed E-state index contributed by atoms with van der Waals surface area (Å²) in [7, 11) is 4.66. The highest BCUT2D eigenvalue weighted by atomic mass is 32.3. The van der Waals surface area contributed by atoms with Crippen LogP contribution in [-0.2, 0) is 9.59 Å². The molecule has 0 radical (unpaired) electrons. The first kappa shape index (κ1) is 35.2. The minimum Gasteiger partial charge on any atom is -0.338 e. The molecule has 0 saturated carbocycles. The molecule has 0 N–H and O–H groups in total. The quantitative estimate of drug-likeness (QED) is 0.101. The second kappa shape index (κ2) is 15.9. The zero-order valence-corrected chi connectivity index (χ0v) is 31.0. The molecule has 1 saturated heterocycles. The number of benzene rings is 3. The molecule has 7 nitrogen and oxygen atoms in total. The molecule has 1 aromatic heterocycles. The van der Waals surface area contributed by atoms with Crippen molar-refractivity contribution in [2.75, 3.05) is 75.2 Å². The molecule has 3 heterocycles. The molecule has 0 bridgehead atoms. The number of aldehydes is 2. The number of hydrogen-bond donors (Lipinski definition) is 0. The standard InChI is InChI=1S/C40H50N5O2S2/c1-5-20-43(24-23-41(2)3)39-29-32(35-16-10-11-17-36(35)45(39)33-14-8-6-9-15-33)30-40-42(4)37-19-18-34(31-38(37)48-40)49(27-25-46,28-26-47)44-21-12-7-13-22-44/h6,8-11,14-19,25-26,29-31H,5,7,12-13,20-24,27-28H2,1-4H3/q+1. The maximum absolute atomic E-state index is 12.1. The number of thioether (sulfide) groups is 1. The van der Waals surface area contributed by atoms with Crippen LogP contribution >= 0.6 is 22.0 Å². The highest BCUT2D eigenvalue weighted by Crippen LogP contribution is 2.60. The topological polar surface area (TPSA) is 51.0 Å². The molecule has 49 heavy (non-hydrogen) atoms. The number of likely N-dealkylation sites (N-methyl/N-ethyl adjacent to an activating group) is 1. The van der Waals surface area contributed by atoms with E-state index in [1.165, 1.54) is 33.6 Å². The predicted octanol–water partition coefficient (Wildman–Crippen LogP) is 7.40. The summed E-state index contributed by atoms with van der Waals surface area (Å²) in [5.74, 6) is 1.98. The lowest BCUT2D eigenvalue weighted by atomic mass is 10.1. The van der Waals surface area contributed by atoms with Crippen molar-refractivity contribution in [1.82, 2.24) is 9.21 Å². The van der Waals surface area contributed by atoms with Crippen LogP contribution in [0.2, 0.25) is 0 Å². The third kappa shape index (κ3) is 7.31. The van der Waals surface area contributed by atoms with E-state index < -0.39 is 10.2 Å². The molecule has 258 valence electrons. The molecule has 0 unspecified atom stereocenters. The van der Waals surface area contributed by atoms with Gasteiger partial charge in [-0.05, 0) is 81.4 Å². The Morgan fingerprint density at radius 1 is 0.857 bits per heavy atom. The van der Waals surface area contributed by atoms with Crippen molar-refractivity contribution >= 4 is 63.0 Å². The van der Waals surface area contributed by atoms with Crippen molar-refractivity contribution in [1.29, 1.82) is 0 Å². The molecule has 0 spiro atoms. The fraction of sp³-hybridized carbons (Fsp3) is 0.375. The third-order valence-electron chi connectivity index (χ3n) is 9.67. The molecule has 0 atom stereocenters. The average Bonchev–Trinajstić information content (AvgIpc) is 3.44. The summed E-state index contributed by atoms with van der Waals surface area (Å²) in [4.78, 5) is 33.6. The monoisotopic (exact) mass is 696 g/mol. The average molecular weight is 697 g/mol. The second-order valence-electron chi connectivity index (χ2n) is 13.2. The Labute approximate surface area is 298 Å². The van der Waals surface area contributed by atoms with Gasteiger partial charge in [0.2, 0.25) is 0 Å². The summed E-state index contributed by atoms with van der Waals surface area (Å²) >= 11 is 1.78. The van der Waals surface area contributed by atoms with Crippen LogP contribution in [0.4, 0.5) is 11.5 Å². The molecule has 0 amide bonds. The number of anilines is 2. The Morgan fingerprint density at radius 2 is 1.57 bits per heavy atom. The van der Waals surface area contributed by atoms with Gasteiger partial charge < -0.3 is 19.4 Å². The maximum atomic E-state index is 12.1. The lowest BCUT2D eigenvalue weighted by molar-refractivity contribution is -0.553. The number of fused-ring (bicyclic) bond motifs is 2. The minimum absolute atomic E-state index is 0.399. The van der Waals surface area contributed by atoms with Gasteiger partial charge >= 0.3 is 0 Å². The van der Waals surface area contributed by atoms with Gasteiger partial charge in [0.05, 0.1) is 23.8 Å². The van der Waals surface area contributed by atoms with Crippen molar-refractivity contribution in [2.24, 2.45) is 0 Å². The van der Waals surface area contributed by atoms with Crippen molar-refractivity contribution in [3.63, 3.8) is 0 Å². The van der Waals surface area contributed by atoms with Crippen molar-refractivity contribution in [3.8, 4) is 5.69 Å². The number of carbonyl (C=O) groups is 2. The van der Waals surface area contributed by atoms with Crippen LogP contribution in [0.25, 0.3) is 22.7 Å². The number of rotatable bonds is 14. The molecule has 2 aliphatic rings. The molecule has 9 heteroatoms. The fourth-order valence-corrected chi connectivity index (χ4v) is 11.7. The van der Waals surface area contributed by atoms with Crippen LogP contribution < -0.4 is 14.4 Å². The summed E-state index contributed by atoms with van der Waals surface area (Å²) in [6, 6.07) is 28.4. The first-order valence-electron chi connectivity index (χ1n) is 17.5. The number of para-hydroxylation sites is 2. The first-order chi connectivity index (χ1) is 23.9. The van der Waals surface area contributed by atoms with Gasteiger partial charge in [-0.15, -0.1) is 10.2 Å². The van der Waals surface area contributed by atoms with E-state index in [0.717, 1.165) is 85.9 Å². The fourth-order valence-electron chi connectivity index (χ4n) is 7.16. The Balaban J connectivity index is 1.45. The lowest BCUT2D eigenvalue weighted by Gasteiger charge is -2.49. The van der Waals surface area contributed by atoms with Crippen LogP contribution in [0, 0.1) is 0 Å². The zero-order valence-electron chi connectivity index (χ0n) is 29.4. The normalized spacial score (nSPS) is 16.3. The largest absolute Gasteiger partial charge is 0.338 e. The van der Waals surface area contributed by atoms with Gasteiger partial charge in [0, 0.05) is 59.4 Å². The number of aromatic nitrogens is 1. The van der Waals surface area contributed by atoms with Gasteiger partial charge in [-0.25, -0.2) is 0 Å². The van der Waals surface area contributed by atoms with E-state index in [4.69, 9.17) is 0 Å². The molecule has 1 fully saturated rings. The summed E-state index contributed by atoms with van der Waals surface area (Å²) in [6.45, 7) is 6.99. The predicted molar refractivity (Wildman–Crippen MR) is 208 cm³/mol. The molecular formula is C40H50N5O2S2+. The Bertz CT molecular complexity index is 1800. The SMILES string of the molecule is CCCN(CCN(C)C)c1cc(C=C2Sc3cc(S(CC=O)(CC=O)N4CCCCC4)ccc3N2C)c2ccccc2[n+]1-c1ccccc1. The molecule has 6 rings (SSSR count). The highest BCUT2D eigenvalue weighted by Gasteiger charge is 2.35. The van der Waals surface area contributed by atoms with E-state index in [-0.39, 0.29) is 0 Å². The van der Waals surface area contributed by atoms with E-state index in [1.54, 1.807) is 11.8 Å². The highest BCUT2D eigenvalue weighted by molar-refractivity contribution is 8.32. The Kier molecular flexibility index (Phi) is 11.4. The van der Waals surface area contributed by atoms with Crippen molar-refractivity contribution in [2.45, 2.75) is 42.4 Å². The second-order valence-corrected chi connectivity index (χ2v) is 17.6. The van der Waals surface area contributed by atoms with E-state index in [0.29, 0.717) is 11.5 Å². The third-order valence-corrected chi connectivity index (χ3v) is 14.7. The molecular weight excluding hydrogens is 647 g/mol. The van der Waals surface area contributed by atoms with Gasteiger partial charge in [0.15, 0.2) is 0 Å². The molecule has 2 aliphatic heterocycles. The summed E-state index contributed by atoms with van der Waals surface area (Å²) in [5.41, 5.74) is 4.66. The van der Waals surface area contributed by atoms with Crippen LogP contribution in [0.5, 0.6) is 0 Å². The van der Waals surface area contributed by atoms with Crippen LogP contribution in [0.3, 0.4) is 0 Å². The lowest BCUT2D eigenvalue weighted by Crippen LogP contribution is -2.44. The van der Waals surface area contributed by atoms with Crippen molar-refractivity contribution < 1.29 is 14.2 Å². The van der Waals surface area contributed by atoms with E-state index >= 15 is 0 Å². The van der Waals surface area contributed by atoms with Crippen LogP contribution in [0.1, 0.15) is 38.2 Å². The number of piperidine rings is 1.